The van der Waals surface area contributed by atoms with Gasteiger partial charge < -0.3 is 0 Å². The van der Waals surface area contributed by atoms with Gasteiger partial charge in [0.15, 0.2) is 0 Å². The normalized spacial score (nSPS) is 41.6. The van der Waals surface area contributed by atoms with Gasteiger partial charge in [-0.05, 0) is 115 Å². The summed E-state index contributed by atoms with van der Waals surface area (Å²) in [5.41, 5.74) is 3.08. The second-order valence-electron chi connectivity index (χ2n) is 13.6. The number of hydrogen-bond donors (Lipinski definition) is 0. The van der Waals surface area contributed by atoms with Crippen LogP contribution in [0.3, 0.4) is 0 Å². The van der Waals surface area contributed by atoms with Gasteiger partial charge in [-0.3, -0.25) is 4.68 Å². The summed E-state index contributed by atoms with van der Waals surface area (Å²) < 4.78 is 2.27. The van der Waals surface area contributed by atoms with Crippen molar-refractivity contribution in [1.82, 2.24) is 9.78 Å². The van der Waals surface area contributed by atoms with Crippen LogP contribution in [0, 0.1) is 45.8 Å². The van der Waals surface area contributed by atoms with Crippen molar-refractivity contribution in [3.63, 3.8) is 0 Å². The average Bonchev–Trinajstić information content (AvgIpc) is 3.44. The molecule has 4 rings (SSSR count). The third kappa shape index (κ3) is 4.02. The number of fused-ring (bicyclic) bond motifs is 3. The zero-order valence-corrected chi connectivity index (χ0v) is 24.0. The highest BCUT2D eigenvalue weighted by Gasteiger charge is 2.62. The van der Waals surface area contributed by atoms with Crippen LogP contribution >= 0.6 is 0 Å². The minimum Gasteiger partial charge on any atom is -0.272 e. The Morgan fingerprint density at radius 2 is 1.74 bits per heavy atom. The molecule has 2 heteroatoms. The monoisotopic (exact) mass is 468 g/mol. The second kappa shape index (κ2) is 9.93. The number of aromatic nitrogens is 2. The Morgan fingerprint density at radius 3 is 2.38 bits per heavy atom. The molecule has 2 nitrogen and oxygen atoms in total. The molecule has 3 aliphatic rings. The van der Waals surface area contributed by atoms with Crippen molar-refractivity contribution in [3.05, 3.63) is 18.0 Å². The summed E-state index contributed by atoms with van der Waals surface area (Å²) in [6.07, 6.45) is 20.1. The van der Waals surface area contributed by atoms with Gasteiger partial charge in [-0.25, -0.2) is 0 Å². The molecule has 0 amide bonds. The van der Waals surface area contributed by atoms with Crippen molar-refractivity contribution in [3.8, 4) is 0 Å². The molecule has 34 heavy (non-hydrogen) atoms. The van der Waals surface area contributed by atoms with E-state index in [1.807, 2.05) is 0 Å². The zero-order valence-electron chi connectivity index (χ0n) is 24.0. The molecule has 3 fully saturated rings. The summed E-state index contributed by atoms with van der Waals surface area (Å²) in [5.74, 6) is 5.09. The highest BCUT2D eigenvalue weighted by Crippen LogP contribution is 2.70. The van der Waals surface area contributed by atoms with Crippen molar-refractivity contribution in [2.24, 2.45) is 45.8 Å². The van der Waals surface area contributed by atoms with Crippen LogP contribution in [0.2, 0.25) is 0 Å². The predicted octanol–water partition coefficient (Wildman–Crippen LogP) is 9.50. The molecule has 3 aliphatic carbocycles. The lowest BCUT2D eigenvalue weighted by atomic mass is 9.40. The lowest BCUT2D eigenvalue weighted by Gasteiger charge is -2.64. The quantitative estimate of drug-likeness (QED) is 0.353. The number of hydrogen-bond acceptors (Lipinski definition) is 1. The largest absolute Gasteiger partial charge is 0.272 e. The fraction of sp³-hybridized carbons (Fsp3) is 0.906. The van der Waals surface area contributed by atoms with Crippen LogP contribution in [0.1, 0.15) is 138 Å². The van der Waals surface area contributed by atoms with E-state index in [-0.39, 0.29) is 0 Å². The van der Waals surface area contributed by atoms with Crippen LogP contribution in [0.15, 0.2) is 12.4 Å². The standard InChI is InChI=1S/C32H56N2/c1-9-17-32(12-4)29-16-19-31(8)27(13-14-28(31)26(29)15-18-30(32,7)11-3)24(6)21-34-22-25(20-33-34)23(5)10-2/h20,22-24,26-29H,9-19,21H2,1-8H3. The van der Waals surface area contributed by atoms with E-state index in [1.165, 1.54) is 76.2 Å². The molecule has 9 atom stereocenters. The van der Waals surface area contributed by atoms with Crippen molar-refractivity contribution in [2.75, 3.05) is 0 Å². The molecule has 0 spiro atoms. The van der Waals surface area contributed by atoms with Crippen molar-refractivity contribution in [1.29, 1.82) is 0 Å². The molecule has 194 valence electrons. The first kappa shape index (κ1) is 26.3. The molecule has 0 aromatic carbocycles. The SMILES string of the molecule is CCCC1(CC)C2CCC3(C)C(C(C)Cn4cc(C(C)CC)cn4)CCC3C2CCC1(C)CC. The van der Waals surface area contributed by atoms with E-state index in [2.05, 4.69) is 72.5 Å². The van der Waals surface area contributed by atoms with Crippen LogP contribution in [-0.4, -0.2) is 9.78 Å². The van der Waals surface area contributed by atoms with Crippen LogP contribution in [-0.2, 0) is 6.54 Å². The first-order chi connectivity index (χ1) is 16.2. The van der Waals surface area contributed by atoms with Crippen molar-refractivity contribution in [2.45, 2.75) is 138 Å². The smallest absolute Gasteiger partial charge is 0.0524 e. The van der Waals surface area contributed by atoms with Gasteiger partial charge in [-0.15, -0.1) is 0 Å². The Hall–Kier alpha value is -0.790. The van der Waals surface area contributed by atoms with Crippen molar-refractivity contribution < 1.29 is 0 Å². The summed E-state index contributed by atoms with van der Waals surface area (Å²) in [6.45, 7) is 21.1. The summed E-state index contributed by atoms with van der Waals surface area (Å²) in [7, 11) is 0. The lowest BCUT2D eigenvalue weighted by Crippen LogP contribution is -2.56. The van der Waals surface area contributed by atoms with E-state index in [0.717, 1.165) is 30.2 Å². The summed E-state index contributed by atoms with van der Waals surface area (Å²) >= 11 is 0. The maximum absolute atomic E-state index is 4.78. The first-order valence-corrected chi connectivity index (χ1v) is 15.2. The molecule has 3 saturated carbocycles. The lowest BCUT2D eigenvalue weighted by molar-refractivity contribution is -0.152. The van der Waals surface area contributed by atoms with E-state index in [0.29, 0.717) is 28.1 Å². The maximum Gasteiger partial charge on any atom is 0.0524 e. The van der Waals surface area contributed by atoms with Crippen LogP contribution in [0.5, 0.6) is 0 Å². The molecule has 1 aromatic rings. The Bertz CT molecular complexity index is 812. The molecule has 0 saturated heterocycles. The Kier molecular flexibility index (Phi) is 7.67. The fourth-order valence-electron chi connectivity index (χ4n) is 10.3. The molecular weight excluding hydrogens is 412 g/mol. The van der Waals surface area contributed by atoms with E-state index in [4.69, 9.17) is 5.10 Å². The van der Waals surface area contributed by atoms with Gasteiger partial charge in [-0.1, -0.05) is 68.2 Å². The minimum atomic E-state index is 0.541. The second-order valence-corrected chi connectivity index (χ2v) is 13.6. The Morgan fingerprint density at radius 1 is 0.971 bits per heavy atom. The average molecular weight is 469 g/mol. The highest BCUT2D eigenvalue weighted by molar-refractivity contribution is 5.12. The van der Waals surface area contributed by atoms with E-state index < -0.39 is 0 Å². The van der Waals surface area contributed by atoms with Gasteiger partial charge in [0.05, 0.1) is 6.20 Å². The summed E-state index contributed by atoms with van der Waals surface area (Å²) in [6, 6.07) is 0. The van der Waals surface area contributed by atoms with Crippen LogP contribution in [0.25, 0.3) is 0 Å². The summed E-state index contributed by atoms with van der Waals surface area (Å²) in [5, 5.41) is 4.78. The third-order valence-electron chi connectivity index (χ3n) is 12.6. The molecule has 0 bridgehead atoms. The van der Waals surface area contributed by atoms with Gasteiger partial charge in [0.1, 0.15) is 0 Å². The summed E-state index contributed by atoms with van der Waals surface area (Å²) in [4.78, 5) is 0. The van der Waals surface area contributed by atoms with Gasteiger partial charge in [0.2, 0.25) is 0 Å². The molecule has 1 heterocycles. The third-order valence-corrected chi connectivity index (χ3v) is 12.6. The highest BCUT2D eigenvalue weighted by atomic mass is 15.3. The Balaban J connectivity index is 1.53. The maximum atomic E-state index is 4.78. The number of rotatable bonds is 9. The minimum absolute atomic E-state index is 0.541. The van der Waals surface area contributed by atoms with E-state index in [9.17, 15) is 0 Å². The zero-order chi connectivity index (χ0) is 24.7. The van der Waals surface area contributed by atoms with Gasteiger partial charge in [-0.2, -0.15) is 5.10 Å². The topological polar surface area (TPSA) is 17.8 Å². The molecule has 9 unspecified atom stereocenters. The number of nitrogens with zero attached hydrogens (tertiary/aromatic N) is 2. The van der Waals surface area contributed by atoms with Crippen LogP contribution < -0.4 is 0 Å². The van der Waals surface area contributed by atoms with Crippen LogP contribution in [0.4, 0.5) is 0 Å². The molecular formula is C32H56N2. The predicted molar refractivity (Wildman–Crippen MR) is 146 cm³/mol. The van der Waals surface area contributed by atoms with Gasteiger partial charge in [0, 0.05) is 12.7 Å². The molecule has 0 aliphatic heterocycles. The molecule has 0 N–H and O–H groups in total. The van der Waals surface area contributed by atoms with Crippen molar-refractivity contribution >= 4 is 0 Å². The first-order valence-electron chi connectivity index (χ1n) is 15.2. The van der Waals surface area contributed by atoms with Gasteiger partial charge >= 0.3 is 0 Å². The fourth-order valence-corrected chi connectivity index (χ4v) is 10.3. The molecule has 1 aromatic heterocycles. The molecule has 0 radical (unpaired) electrons. The Labute approximate surface area is 212 Å². The van der Waals surface area contributed by atoms with Gasteiger partial charge in [0.25, 0.3) is 0 Å². The van der Waals surface area contributed by atoms with E-state index >= 15 is 0 Å². The van der Waals surface area contributed by atoms with E-state index in [1.54, 1.807) is 0 Å².